The molecular weight excluding hydrogens is 435 g/mol. The van der Waals surface area contributed by atoms with E-state index < -0.39 is 23.9 Å². The van der Waals surface area contributed by atoms with E-state index in [1.807, 2.05) is 0 Å². The molecule has 0 bridgehead atoms. The molecule has 1 aliphatic rings. The second-order valence-corrected chi connectivity index (χ2v) is 8.49. The summed E-state index contributed by atoms with van der Waals surface area (Å²) in [6, 6.07) is 5.73. The molecule has 1 aromatic heterocycles. The summed E-state index contributed by atoms with van der Waals surface area (Å²) in [7, 11) is 2.11. The summed E-state index contributed by atoms with van der Waals surface area (Å²) < 4.78 is 23.8. The summed E-state index contributed by atoms with van der Waals surface area (Å²) in [6.45, 7) is 7.20. The van der Waals surface area contributed by atoms with Gasteiger partial charge in [0.15, 0.2) is 0 Å². The fraction of sp³-hybridized carbons (Fsp3) is 0.476. The molecule has 0 aliphatic carbocycles. The highest BCUT2D eigenvalue weighted by Gasteiger charge is 2.24. The Labute approximate surface area is 190 Å². The van der Waals surface area contributed by atoms with Gasteiger partial charge in [-0.1, -0.05) is 18.2 Å². The monoisotopic (exact) mass is 464 g/mol. The molecule has 3 rings (SSSR count). The lowest BCUT2D eigenvalue weighted by Gasteiger charge is -2.32. The van der Waals surface area contributed by atoms with Crippen molar-refractivity contribution in [3.05, 3.63) is 41.2 Å². The maximum Gasteiger partial charge on any atom is 0.319 e. The maximum atomic E-state index is 14.0. The third-order valence-corrected chi connectivity index (χ3v) is 6.04. The molecule has 9 nitrogen and oxygen atoms in total. The third kappa shape index (κ3) is 6.38. The zero-order valence-electron chi connectivity index (χ0n) is 18.3. The summed E-state index contributed by atoms with van der Waals surface area (Å²) >= 11 is 0.882. The molecule has 32 heavy (non-hydrogen) atoms. The Bertz CT molecular complexity index is 932. The molecule has 4 N–H and O–H groups in total. The highest BCUT2D eigenvalue weighted by atomic mass is 32.1. The number of anilines is 1. The molecule has 1 atom stereocenters. The van der Waals surface area contributed by atoms with Crippen LogP contribution in [0.5, 0.6) is 5.88 Å². The molecule has 2 aromatic rings. The standard InChI is InChI=1S/C21H29FN6O3S/c1-14(15-6-3-4-7-16(15)22)31-19-17(18(23)29)20(32-26-19)25-21(30)24-8-5-9-28-12-10-27(2)11-13-28/h3-4,6-7,14H,5,8-13H2,1-2H3,(H2,23,29)(H2,24,25,30). The average molecular weight is 465 g/mol. The normalized spacial score (nSPS) is 15.8. The van der Waals surface area contributed by atoms with Crippen molar-refractivity contribution in [3.8, 4) is 5.88 Å². The lowest BCUT2D eigenvalue weighted by Crippen LogP contribution is -2.45. The van der Waals surface area contributed by atoms with E-state index in [-0.39, 0.29) is 16.4 Å². The van der Waals surface area contributed by atoms with Gasteiger partial charge in [-0.2, -0.15) is 4.37 Å². The van der Waals surface area contributed by atoms with Crippen molar-refractivity contribution in [1.82, 2.24) is 19.5 Å². The number of nitrogens with zero attached hydrogens (tertiary/aromatic N) is 3. The van der Waals surface area contributed by atoms with Crippen LogP contribution in [0.15, 0.2) is 24.3 Å². The van der Waals surface area contributed by atoms with Crippen LogP contribution in [0.25, 0.3) is 0 Å². The number of urea groups is 1. The van der Waals surface area contributed by atoms with Gasteiger partial charge in [-0.15, -0.1) is 0 Å². The molecule has 0 saturated carbocycles. The highest BCUT2D eigenvalue weighted by molar-refractivity contribution is 7.11. The van der Waals surface area contributed by atoms with Gasteiger partial charge in [-0.3, -0.25) is 10.1 Å². The third-order valence-electron chi connectivity index (χ3n) is 5.30. The van der Waals surface area contributed by atoms with Crippen LogP contribution >= 0.6 is 11.5 Å². The van der Waals surface area contributed by atoms with Gasteiger partial charge >= 0.3 is 6.03 Å². The number of hydrogen-bond donors (Lipinski definition) is 3. The lowest BCUT2D eigenvalue weighted by atomic mass is 10.1. The molecule has 3 amide bonds. The van der Waals surface area contributed by atoms with Crippen LogP contribution in [0.1, 0.15) is 35.4 Å². The van der Waals surface area contributed by atoms with Gasteiger partial charge in [0.1, 0.15) is 22.5 Å². The SMILES string of the molecule is CC(Oc1nsc(NC(=O)NCCCN2CCN(C)CC2)c1C(N)=O)c1ccccc1F. The molecule has 0 spiro atoms. The number of hydrogen-bond acceptors (Lipinski definition) is 7. The van der Waals surface area contributed by atoms with Crippen LogP contribution in [0.4, 0.5) is 14.2 Å². The Hall–Kier alpha value is -2.76. The summed E-state index contributed by atoms with van der Waals surface area (Å²) in [5.41, 5.74) is 5.77. The van der Waals surface area contributed by atoms with E-state index in [0.29, 0.717) is 12.1 Å². The fourth-order valence-corrected chi connectivity index (χ4v) is 4.14. The second kappa shape index (κ2) is 11.2. The minimum Gasteiger partial charge on any atom is -0.468 e. The topological polar surface area (TPSA) is 113 Å². The summed E-state index contributed by atoms with van der Waals surface area (Å²) in [5, 5.41) is 5.57. The van der Waals surface area contributed by atoms with E-state index in [4.69, 9.17) is 10.5 Å². The number of nitrogens with one attached hydrogen (secondary N) is 2. The Morgan fingerprint density at radius 3 is 2.69 bits per heavy atom. The Kier molecular flexibility index (Phi) is 8.37. The van der Waals surface area contributed by atoms with Gasteiger partial charge in [0.25, 0.3) is 5.91 Å². The van der Waals surface area contributed by atoms with E-state index in [1.165, 1.54) is 6.07 Å². The van der Waals surface area contributed by atoms with Gasteiger partial charge in [0.05, 0.1) is 0 Å². The molecular formula is C21H29FN6O3S. The zero-order valence-corrected chi connectivity index (χ0v) is 19.1. The number of amides is 3. The van der Waals surface area contributed by atoms with Gasteiger partial charge in [0.2, 0.25) is 5.88 Å². The molecule has 1 unspecified atom stereocenters. The van der Waals surface area contributed by atoms with Crippen molar-refractivity contribution < 1.29 is 18.7 Å². The quantitative estimate of drug-likeness (QED) is 0.491. The first-order chi connectivity index (χ1) is 15.3. The zero-order chi connectivity index (χ0) is 23.1. The number of carbonyl (C=O) groups excluding carboxylic acids is 2. The number of aromatic nitrogens is 1. The first-order valence-corrected chi connectivity index (χ1v) is 11.3. The van der Waals surface area contributed by atoms with Crippen LogP contribution in [0.3, 0.4) is 0 Å². The average Bonchev–Trinajstić information content (AvgIpc) is 3.14. The molecule has 174 valence electrons. The van der Waals surface area contributed by atoms with Gasteiger partial charge in [0, 0.05) is 38.3 Å². The van der Waals surface area contributed by atoms with Crippen LogP contribution in [0, 0.1) is 5.82 Å². The number of benzene rings is 1. The molecule has 11 heteroatoms. The highest BCUT2D eigenvalue weighted by Crippen LogP contribution is 2.33. The largest absolute Gasteiger partial charge is 0.468 e. The number of primary amides is 1. The van der Waals surface area contributed by atoms with Crippen molar-refractivity contribution in [2.45, 2.75) is 19.4 Å². The van der Waals surface area contributed by atoms with Crippen molar-refractivity contribution in [3.63, 3.8) is 0 Å². The molecule has 1 fully saturated rings. The van der Waals surface area contributed by atoms with Gasteiger partial charge in [-0.05, 0) is 44.5 Å². The number of nitrogens with two attached hydrogens (primary N) is 1. The number of rotatable bonds is 9. The Balaban J connectivity index is 1.52. The van der Waals surface area contributed by atoms with Crippen molar-refractivity contribution >= 4 is 28.5 Å². The van der Waals surface area contributed by atoms with Crippen molar-refractivity contribution in [2.75, 3.05) is 51.6 Å². The minimum atomic E-state index is -0.792. The fourth-order valence-electron chi connectivity index (χ4n) is 3.42. The van der Waals surface area contributed by atoms with E-state index in [0.717, 1.165) is 50.7 Å². The first kappa shape index (κ1) is 23.9. The van der Waals surface area contributed by atoms with Crippen molar-refractivity contribution in [2.24, 2.45) is 5.73 Å². The summed E-state index contributed by atoms with van der Waals surface area (Å²) in [4.78, 5) is 28.9. The molecule has 1 aliphatic heterocycles. The van der Waals surface area contributed by atoms with Gasteiger partial charge in [-0.25, -0.2) is 9.18 Å². The predicted molar refractivity (Wildman–Crippen MR) is 122 cm³/mol. The van der Waals surface area contributed by atoms with E-state index in [9.17, 15) is 14.0 Å². The predicted octanol–water partition coefficient (Wildman–Crippen LogP) is 2.28. The molecule has 0 radical (unpaired) electrons. The first-order valence-electron chi connectivity index (χ1n) is 10.5. The van der Waals surface area contributed by atoms with Crippen molar-refractivity contribution in [1.29, 1.82) is 0 Å². The van der Waals surface area contributed by atoms with Crippen LogP contribution in [-0.2, 0) is 0 Å². The molecule has 1 aromatic carbocycles. The summed E-state index contributed by atoms with van der Waals surface area (Å²) in [6.07, 6.45) is 0.115. The van der Waals surface area contributed by atoms with E-state index >= 15 is 0 Å². The van der Waals surface area contributed by atoms with E-state index in [1.54, 1.807) is 25.1 Å². The molecule has 2 heterocycles. The number of carbonyl (C=O) groups is 2. The Morgan fingerprint density at radius 2 is 2.00 bits per heavy atom. The number of ether oxygens (including phenoxy) is 1. The maximum absolute atomic E-state index is 14.0. The second-order valence-electron chi connectivity index (χ2n) is 7.72. The smallest absolute Gasteiger partial charge is 0.319 e. The van der Waals surface area contributed by atoms with Crippen LogP contribution in [-0.4, -0.2) is 72.4 Å². The van der Waals surface area contributed by atoms with E-state index in [2.05, 4.69) is 31.9 Å². The van der Waals surface area contributed by atoms with Crippen LogP contribution < -0.4 is 21.1 Å². The summed E-state index contributed by atoms with van der Waals surface area (Å²) in [5.74, 6) is -1.26. The minimum absolute atomic E-state index is 0.0363. The number of piperazine rings is 1. The number of halogens is 1. The Morgan fingerprint density at radius 1 is 1.28 bits per heavy atom. The van der Waals surface area contributed by atoms with Gasteiger partial charge < -0.3 is 25.6 Å². The lowest BCUT2D eigenvalue weighted by molar-refractivity contribution is 0.0994. The van der Waals surface area contributed by atoms with Crippen LogP contribution in [0.2, 0.25) is 0 Å². The molecule has 1 saturated heterocycles. The number of likely N-dealkylation sites (N-methyl/N-ethyl adjacent to an activating group) is 1.